The van der Waals surface area contributed by atoms with Crippen molar-refractivity contribution < 1.29 is 9.53 Å². The molecule has 0 unspecified atom stereocenters. The smallest absolute Gasteiger partial charge is 0.207 e. The van der Waals surface area contributed by atoms with Crippen molar-refractivity contribution in [3.63, 3.8) is 0 Å². The second kappa shape index (κ2) is 9.63. The molecule has 0 bridgehead atoms. The van der Waals surface area contributed by atoms with Gasteiger partial charge < -0.3 is 15.0 Å². The van der Waals surface area contributed by atoms with Crippen LogP contribution in [0.4, 0.5) is 5.69 Å². The number of ether oxygens (including phenoxy) is 1. The Bertz CT molecular complexity index is 1210. The third-order valence-electron chi connectivity index (χ3n) is 6.69. The molecule has 0 amide bonds. The molecule has 174 valence electrons. The average molecular weight is 518 g/mol. The summed E-state index contributed by atoms with van der Waals surface area (Å²) in [4.78, 5) is 19.3. The highest BCUT2D eigenvalue weighted by atomic mass is 79.9. The highest BCUT2D eigenvalue weighted by Gasteiger charge is 2.37. The van der Waals surface area contributed by atoms with Crippen molar-refractivity contribution in [1.29, 1.82) is 0 Å². The molecule has 1 aliphatic heterocycles. The van der Waals surface area contributed by atoms with E-state index in [1.807, 2.05) is 60.9 Å². The molecule has 34 heavy (non-hydrogen) atoms. The SMILES string of the molecule is C[C@](Oc1ccc2c(c1CNc1ccc(Br)cc1)CCCC2=O)(c1ccccc1)N1C=NCC1. The molecule has 5 nitrogen and oxygen atoms in total. The predicted molar refractivity (Wildman–Crippen MR) is 140 cm³/mol. The minimum Gasteiger partial charge on any atom is -0.464 e. The predicted octanol–water partition coefficient (Wildman–Crippen LogP) is 6.18. The molecule has 3 aromatic rings. The van der Waals surface area contributed by atoms with Crippen LogP contribution in [0, 0.1) is 0 Å². The molecular weight excluding hydrogens is 490 g/mol. The van der Waals surface area contributed by atoms with E-state index in [1.54, 1.807) is 0 Å². The summed E-state index contributed by atoms with van der Waals surface area (Å²) in [5.74, 6) is 1.01. The Hall–Kier alpha value is -3.12. The number of benzene rings is 3. The maximum atomic E-state index is 12.7. The number of halogens is 1. The van der Waals surface area contributed by atoms with E-state index in [0.717, 1.165) is 64.1 Å². The van der Waals surface area contributed by atoms with E-state index in [-0.39, 0.29) is 5.78 Å². The fourth-order valence-corrected chi connectivity index (χ4v) is 5.04. The minimum atomic E-state index is -0.722. The highest BCUT2D eigenvalue weighted by Crippen LogP contribution is 2.38. The van der Waals surface area contributed by atoms with Crippen molar-refractivity contribution in [1.82, 2.24) is 4.90 Å². The third kappa shape index (κ3) is 4.47. The van der Waals surface area contributed by atoms with Crippen molar-refractivity contribution >= 4 is 33.7 Å². The van der Waals surface area contributed by atoms with Crippen molar-refractivity contribution in [2.75, 3.05) is 18.4 Å². The van der Waals surface area contributed by atoms with Gasteiger partial charge in [0.2, 0.25) is 5.72 Å². The molecule has 1 aliphatic carbocycles. The Balaban J connectivity index is 1.55. The van der Waals surface area contributed by atoms with Gasteiger partial charge in [-0.25, -0.2) is 0 Å². The molecule has 6 heteroatoms. The average Bonchev–Trinajstić information content (AvgIpc) is 3.41. The van der Waals surface area contributed by atoms with Gasteiger partial charge in [-0.05, 0) is 61.7 Å². The Kier molecular flexibility index (Phi) is 6.42. The number of nitrogens with zero attached hydrogens (tertiary/aromatic N) is 2. The Morgan fingerprint density at radius 2 is 1.85 bits per heavy atom. The van der Waals surface area contributed by atoms with Crippen molar-refractivity contribution in [3.8, 4) is 5.75 Å². The van der Waals surface area contributed by atoms with Crippen molar-refractivity contribution in [2.45, 2.75) is 38.5 Å². The number of carbonyl (C=O) groups is 1. The fraction of sp³-hybridized carbons (Fsp3) is 0.286. The zero-order valence-corrected chi connectivity index (χ0v) is 20.8. The van der Waals surface area contributed by atoms with Crippen LogP contribution in [-0.2, 0) is 18.7 Å². The lowest BCUT2D eigenvalue weighted by atomic mass is 9.86. The zero-order valence-electron chi connectivity index (χ0n) is 19.3. The van der Waals surface area contributed by atoms with E-state index in [4.69, 9.17) is 4.74 Å². The lowest BCUT2D eigenvalue weighted by Gasteiger charge is -2.39. The van der Waals surface area contributed by atoms with Gasteiger partial charge in [-0.3, -0.25) is 9.79 Å². The van der Waals surface area contributed by atoms with Crippen LogP contribution in [0.1, 0.15) is 46.8 Å². The van der Waals surface area contributed by atoms with Crippen LogP contribution in [0.3, 0.4) is 0 Å². The maximum absolute atomic E-state index is 12.7. The standard InChI is InChI=1S/C28H28BrN3O2/c1-28(32-17-16-30-19-32,20-6-3-2-4-7-20)34-27-15-14-24-23(8-5-9-26(24)33)25(27)18-31-22-12-10-21(29)11-13-22/h2-4,6-7,10-15,19,31H,5,8-9,16-18H2,1H3/t28-/m0/s1. The van der Waals surface area contributed by atoms with Crippen LogP contribution in [-0.4, -0.2) is 30.1 Å². The molecule has 0 fully saturated rings. The summed E-state index contributed by atoms with van der Waals surface area (Å²) in [6.45, 7) is 4.21. The lowest BCUT2D eigenvalue weighted by molar-refractivity contribution is -0.0259. The van der Waals surface area contributed by atoms with Crippen LogP contribution in [0.2, 0.25) is 0 Å². The van der Waals surface area contributed by atoms with Gasteiger partial charge in [0, 0.05) is 46.4 Å². The number of ketones is 1. The summed E-state index contributed by atoms with van der Waals surface area (Å²) in [7, 11) is 0. The first kappa shape index (κ1) is 22.7. The Labute approximate surface area is 209 Å². The van der Waals surface area contributed by atoms with Gasteiger partial charge in [0.1, 0.15) is 5.75 Å². The summed E-state index contributed by atoms with van der Waals surface area (Å²) in [6.07, 6.45) is 4.24. The fourth-order valence-electron chi connectivity index (χ4n) is 4.77. The highest BCUT2D eigenvalue weighted by molar-refractivity contribution is 9.10. The number of nitrogens with one attached hydrogen (secondary N) is 1. The first-order valence-corrected chi connectivity index (χ1v) is 12.5. The van der Waals surface area contributed by atoms with Gasteiger partial charge >= 0.3 is 0 Å². The molecule has 0 saturated carbocycles. The van der Waals surface area contributed by atoms with Gasteiger partial charge in [0.15, 0.2) is 5.78 Å². The molecule has 1 heterocycles. The van der Waals surface area contributed by atoms with Crippen LogP contribution in [0.25, 0.3) is 0 Å². The van der Waals surface area contributed by atoms with E-state index in [2.05, 4.69) is 50.2 Å². The first-order valence-electron chi connectivity index (χ1n) is 11.7. The van der Waals surface area contributed by atoms with Crippen molar-refractivity contribution in [2.24, 2.45) is 4.99 Å². The second-order valence-electron chi connectivity index (χ2n) is 8.87. The molecule has 1 atom stereocenters. The lowest BCUT2D eigenvalue weighted by Crippen LogP contribution is -2.47. The zero-order chi connectivity index (χ0) is 23.5. The van der Waals surface area contributed by atoms with Crippen LogP contribution >= 0.6 is 15.9 Å². The van der Waals surface area contributed by atoms with Crippen LogP contribution in [0.15, 0.2) is 76.2 Å². The molecule has 0 saturated heterocycles. The summed E-state index contributed by atoms with van der Waals surface area (Å²) in [5, 5.41) is 3.54. The number of hydrogen-bond donors (Lipinski definition) is 1. The molecule has 1 N–H and O–H groups in total. The molecule has 5 rings (SSSR count). The number of anilines is 1. The van der Waals surface area contributed by atoms with Gasteiger partial charge in [-0.1, -0.05) is 46.3 Å². The van der Waals surface area contributed by atoms with E-state index < -0.39 is 5.72 Å². The monoisotopic (exact) mass is 517 g/mol. The third-order valence-corrected chi connectivity index (χ3v) is 7.22. The summed E-state index contributed by atoms with van der Waals surface area (Å²) in [6, 6.07) is 22.3. The van der Waals surface area contributed by atoms with Crippen LogP contribution in [0.5, 0.6) is 5.75 Å². The molecule has 0 spiro atoms. The summed E-state index contributed by atoms with van der Waals surface area (Å²) < 4.78 is 7.93. The largest absolute Gasteiger partial charge is 0.464 e. The van der Waals surface area contributed by atoms with E-state index in [1.165, 1.54) is 0 Å². The second-order valence-corrected chi connectivity index (χ2v) is 9.79. The number of hydrogen-bond acceptors (Lipinski definition) is 5. The van der Waals surface area contributed by atoms with E-state index in [9.17, 15) is 4.79 Å². The molecule has 2 aliphatic rings. The van der Waals surface area contributed by atoms with E-state index in [0.29, 0.717) is 13.0 Å². The molecule has 3 aromatic carbocycles. The molecule has 0 radical (unpaired) electrons. The normalized spacial score (nSPS) is 16.8. The molecule has 0 aromatic heterocycles. The number of carbonyl (C=O) groups excluding carboxylic acids is 1. The maximum Gasteiger partial charge on any atom is 0.207 e. The van der Waals surface area contributed by atoms with Crippen molar-refractivity contribution in [3.05, 3.63) is 93.5 Å². The number of Topliss-reactive ketones (excluding diaryl/α,β-unsaturated/α-hetero) is 1. The Morgan fingerprint density at radius 1 is 1.06 bits per heavy atom. The topological polar surface area (TPSA) is 53.9 Å². The number of fused-ring (bicyclic) bond motifs is 1. The molecular formula is C28H28BrN3O2. The quantitative estimate of drug-likeness (QED) is 0.406. The van der Waals surface area contributed by atoms with Gasteiger partial charge in [-0.15, -0.1) is 0 Å². The number of rotatable bonds is 7. The van der Waals surface area contributed by atoms with Gasteiger partial charge in [-0.2, -0.15) is 0 Å². The number of aliphatic imine (C=N–C) groups is 1. The van der Waals surface area contributed by atoms with E-state index >= 15 is 0 Å². The minimum absolute atomic E-state index is 0.218. The summed E-state index contributed by atoms with van der Waals surface area (Å²) >= 11 is 3.50. The van der Waals surface area contributed by atoms with Gasteiger partial charge in [0.05, 0.1) is 12.9 Å². The Morgan fingerprint density at radius 3 is 2.59 bits per heavy atom. The summed E-state index contributed by atoms with van der Waals surface area (Å²) in [5.41, 5.74) is 4.34. The van der Waals surface area contributed by atoms with Gasteiger partial charge in [0.25, 0.3) is 0 Å². The first-order chi connectivity index (χ1) is 16.5. The van der Waals surface area contributed by atoms with Crippen LogP contribution < -0.4 is 10.1 Å².